The van der Waals surface area contributed by atoms with Gasteiger partial charge in [0.25, 0.3) is 0 Å². The Hall–Kier alpha value is -3.54. The summed E-state index contributed by atoms with van der Waals surface area (Å²) in [4.78, 5) is 13.0. The van der Waals surface area contributed by atoms with Crippen molar-refractivity contribution in [2.24, 2.45) is 0 Å². The number of rotatable bonds is 4. The van der Waals surface area contributed by atoms with E-state index >= 15 is 0 Å². The Balaban J connectivity index is 1.34. The number of aromatic nitrogens is 3. The van der Waals surface area contributed by atoms with Crippen molar-refractivity contribution in [3.63, 3.8) is 0 Å². The van der Waals surface area contributed by atoms with Gasteiger partial charge < -0.3 is 4.74 Å². The number of halogens is 3. The van der Waals surface area contributed by atoms with Gasteiger partial charge >= 0.3 is 5.69 Å². The predicted octanol–water partition coefficient (Wildman–Crippen LogP) is 3.65. The largest absolute Gasteiger partial charge is 0.489 e. The molecule has 1 aliphatic heterocycles. The zero-order chi connectivity index (χ0) is 21.7. The van der Waals surface area contributed by atoms with Crippen LogP contribution in [0.5, 0.6) is 5.75 Å². The summed E-state index contributed by atoms with van der Waals surface area (Å²) in [6.45, 7) is 0. The van der Waals surface area contributed by atoms with Gasteiger partial charge in [0.15, 0.2) is 0 Å². The molecule has 1 atom stereocenters. The molecule has 0 spiro atoms. The second-order valence-corrected chi connectivity index (χ2v) is 7.89. The van der Waals surface area contributed by atoms with E-state index in [4.69, 9.17) is 10.00 Å². The minimum Gasteiger partial charge on any atom is -0.489 e. The number of aryl methyl sites for hydroxylation is 1. The summed E-state index contributed by atoms with van der Waals surface area (Å²) in [5.41, 5.74) is 0.324. The van der Waals surface area contributed by atoms with Crippen LogP contribution in [0.4, 0.5) is 13.2 Å². The number of hydrogen-bond acceptors (Lipinski definition) is 4. The molecule has 2 aliphatic rings. The van der Waals surface area contributed by atoms with Gasteiger partial charge in [-0.15, -0.1) is 0 Å². The van der Waals surface area contributed by atoms with E-state index in [-0.39, 0.29) is 29.1 Å². The molecule has 0 bridgehead atoms. The van der Waals surface area contributed by atoms with E-state index in [1.165, 1.54) is 39.6 Å². The Morgan fingerprint density at radius 2 is 1.81 bits per heavy atom. The summed E-state index contributed by atoms with van der Waals surface area (Å²) in [6, 6.07) is 8.33. The molecule has 31 heavy (non-hydrogen) atoms. The van der Waals surface area contributed by atoms with Crippen molar-refractivity contribution in [3.05, 3.63) is 81.3 Å². The summed E-state index contributed by atoms with van der Waals surface area (Å²) in [6.07, 6.45) is 1.78. The third-order valence-electron chi connectivity index (χ3n) is 5.90. The van der Waals surface area contributed by atoms with Gasteiger partial charge in [-0.25, -0.2) is 22.6 Å². The maximum absolute atomic E-state index is 13.7. The molecule has 1 fully saturated rings. The van der Waals surface area contributed by atoms with Crippen LogP contribution in [0.15, 0.2) is 41.2 Å². The molecule has 5 rings (SSSR count). The van der Waals surface area contributed by atoms with Crippen molar-refractivity contribution in [2.75, 3.05) is 0 Å². The third-order valence-corrected chi connectivity index (χ3v) is 5.90. The van der Waals surface area contributed by atoms with Gasteiger partial charge in [-0.3, -0.25) is 4.57 Å². The maximum atomic E-state index is 13.7. The van der Waals surface area contributed by atoms with E-state index in [1.54, 1.807) is 0 Å². The topological polar surface area (TPSA) is 72.8 Å². The van der Waals surface area contributed by atoms with Crippen LogP contribution in [0.3, 0.4) is 0 Å². The van der Waals surface area contributed by atoms with Crippen molar-refractivity contribution >= 4 is 0 Å². The average molecular weight is 426 g/mol. The van der Waals surface area contributed by atoms with Gasteiger partial charge in [0.05, 0.1) is 17.6 Å². The van der Waals surface area contributed by atoms with E-state index < -0.39 is 23.5 Å². The minimum atomic E-state index is -0.683. The molecule has 1 aromatic heterocycles. The highest BCUT2D eigenvalue weighted by Crippen LogP contribution is 2.37. The summed E-state index contributed by atoms with van der Waals surface area (Å²) in [5.74, 6) is -1.10. The van der Waals surface area contributed by atoms with Gasteiger partial charge in [-0.05, 0) is 36.2 Å². The summed E-state index contributed by atoms with van der Waals surface area (Å²) in [5, 5.41) is 13.6. The lowest BCUT2D eigenvalue weighted by atomic mass is 9.89. The molecule has 6 nitrogen and oxygen atoms in total. The molecular formula is C22H17F3N4O2. The molecule has 0 unspecified atom stereocenters. The fourth-order valence-corrected chi connectivity index (χ4v) is 4.34. The molecule has 0 radical (unpaired) electrons. The van der Waals surface area contributed by atoms with Crippen LogP contribution in [0.25, 0.3) is 0 Å². The highest BCUT2D eigenvalue weighted by atomic mass is 19.1. The van der Waals surface area contributed by atoms with E-state index in [0.717, 1.165) is 6.07 Å². The first-order chi connectivity index (χ1) is 14.9. The van der Waals surface area contributed by atoms with Gasteiger partial charge in [0.2, 0.25) is 0 Å². The van der Waals surface area contributed by atoms with E-state index in [1.807, 2.05) is 6.07 Å². The van der Waals surface area contributed by atoms with Gasteiger partial charge in [-0.2, -0.15) is 10.4 Å². The third kappa shape index (κ3) is 3.38. The number of nitrogens with zero attached hydrogens (tertiary/aromatic N) is 4. The van der Waals surface area contributed by atoms with E-state index in [9.17, 15) is 18.0 Å². The smallest absolute Gasteiger partial charge is 0.346 e. The molecule has 158 valence electrons. The lowest BCUT2D eigenvalue weighted by Gasteiger charge is -2.35. The number of ether oxygens (including phenoxy) is 1. The number of nitriles is 1. The van der Waals surface area contributed by atoms with Gasteiger partial charge in [0.1, 0.15) is 41.2 Å². The Bertz CT molecular complexity index is 1250. The van der Waals surface area contributed by atoms with Crippen LogP contribution >= 0.6 is 0 Å². The Labute approximate surface area is 175 Å². The van der Waals surface area contributed by atoms with Crippen LogP contribution in [0.1, 0.15) is 48.3 Å². The lowest BCUT2D eigenvalue weighted by molar-refractivity contribution is 0.0618. The quantitative estimate of drug-likeness (QED) is 0.639. The molecule has 2 heterocycles. The number of benzene rings is 2. The fourth-order valence-electron chi connectivity index (χ4n) is 4.34. The standard InChI is InChI=1S/C22H17F3N4O2/c23-14-2-1-12(11-26)20(8-14)31-18-9-17(10-18)29-22(30)28-19(3-4-21(28)27-29)13-5-15(24)7-16(25)6-13/h1-2,5-8,17-19H,3-4,9-10H2/t17?,18?,19-/m0/s1. The average Bonchev–Trinajstić information content (AvgIpc) is 3.24. The normalized spacial score (nSPS) is 21.9. The zero-order valence-electron chi connectivity index (χ0n) is 16.3. The summed E-state index contributed by atoms with van der Waals surface area (Å²) in [7, 11) is 0. The summed E-state index contributed by atoms with van der Waals surface area (Å²) < 4.78 is 49.4. The lowest BCUT2D eigenvalue weighted by Crippen LogP contribution is -2.41. The Morgan fingerprint density at radius 3 is 2.52 bits per heavy atom. The Morgan fingerprint density at radius 1 is 1.06 bits per heavy atom. The Kier molecular flexibility index (Phi) is 4.58. The maximum Gasteiger partial charge on any atom is 0.346 e. The molecule has 1 aliphatic carbocycles. The molecule has 2 aromatic carbocycles. The van der Waals surface area contributed by atoms with Gasteiger partial charge in [0, 0.05) is 31.4 Å². The number of fused-ring (bicyclic) bond motifs is 1. The van der Waals surface area contributed by atoms with E-state index in [0.29, 0.717) is 37.1 Å². The van der Waals surface area contributed by atoms with Crippen LogP contribution in [0.2, 0.25) is 0 Å². The minimum absolute atomic E-state index is 0.179. The molecule has 0 N–H and O–H groups in total. The SMILES string of the molecule is N#Cc1ccc(F)cc1OC1CC(n2nc3n(c2=O)[C@H](c2cc(F)cc(F)c2)CC3)C1. The van der Waals surface area contributed by atoms with Crippen LogP contribution in [-0.4, -0.2) is 20.5 Å². The van der Waals surface area contributed by atoms with Crippen LogP contribution < -0.4 is 10.4 Å². The molecule has 3 aromatic rings. The van der Waals surface area contributed by atoms with Crippen molar-refractivity contribution < 1.29 is 17.9 Å². The van der Waals surface area contributed by atoms with Gasteiger partial charge in [-0.1, -0.05) is 0 Å². The zero-order valence-corrected chi connectivity index (χ0v) is 16.3. The predicted molar refractivity (Wildman–Crippen MR) is 103 cm³/mol. The second kappa shape index (κ2) is 7.30. The monoisotopic (exact) mass is 426 g/mol. The van der Waals surface area contributed by atoms with Crippen molar-refractivity contribution in [1.29, 1.82) is 5.26 Å². The second-order valence-electron chi connectivity index (χ2n) is 7.89. The number of hydrogen-bond donors (Lipinski definition) is 0. The molecule has 1 saturated carbocycles. The van der Waals surface area contributed by atoms with Crippen molar-refractivity contribution in [2.45, 2.75) is 43.9 Å². The molecular weight excluding hydrogens is 409 g/mol. The first kappa shape index (κ1) is 19.4. The molecule has 9 heteroatoms. The first-order valence-corrected chi connectivity index (χ1v) is 9.95. The fraction of sp³-hybridized carbons (Fsp3) is 0.318. The molecule has 0 amide bonds. The first-order valence-electron chi connectivity index (χ1n) is 9.95. The highest BCUT2D eigenvalue weighted by Gasteiger charge is 2.38. The van der Waals surface area contributed by atoms with Crippen LogP contribution in [0, 0.1) is 28.8 Å². The summed E-state index contributed by atoms with van der Waals surface area (Å²) >= 11 is 0. The highest BCUT2D eigenvalue weighted by molar-refractivity contribution is 5.43. The van der Waals surface area contributed by atoms with E-state index in [2.05, 4.69) is 5.10 Å². The van der Waals surface area contributed by atoms with Crippen LogP contribution in [-0.2, 0) is 6.42 Å². The van der Waals surface area contributed by atoms with Crippen molar-refractivity contribution in [3.8, 4) is 11.8 Å². The van der Waals surface area contributed by atoms with Crippen molar-refractivity contribution in [1.82, 2.24) is 14.3 Å². The molecule has 0 saturated heterocycles.